The van der Waals surface area contributed by atoms with E-state index in [1.807, 2.05) is 30.5 Å². The van der Waals surface area contributed by atoms with E-state index in [1.165, 1.54) is 23.3 Å². The van der Waals surface area contributed by atoms with Gasteiger partial charge in [-0.2, -0.15) is 0 Å². The van der Waals surface area contributed by atoms with Crippen LogP contribution in [0.3, 0.4) is 0 Å². The summed E-state index contributed by atoms with van der Waals surface area (Å²) in [7, 11) is 1.70. The molecular formula is C28H27F2NO. The molecule has 0 unspecified atom stereocenters. The van der Waals surface area contributed by atoms with Gasteiger partial charge in [0.25, 0.3) is 0 Å². The van der Waals surface area contributed by atoms with Gasteiger partial charge in [0, 0.05) is 24.4 Å². The zero-order valence-corrected chi connectivity index (χ0v) is 18.3. The first kappa shape index (κ1) is 22.1. The number of rotatable bonds is 9. The molecule has 0 aliphatic rings. The lowest BCUT2D eigenvalue weighted by molar-refractivity contribution is 0.202. The number of hydrogen-bond donors (Lipinski definition) is 0. The average Bonchev–Trinajstić information content (AvgIpc) is 2.82. The SMILES string of the molecule is COCCc1ccc(CCc2ccc3c(F)c(CCc4ccc(F)cc4)ccc3c2)nc1. The lowest BCUT2D eigenvalue weighted by Crippen LogP contribution is -1.99. The van der Waals surface area contributed by atoms with E-state index in [1.54, 1.807) is 19.2 Å². The van der Waals surface area contributed by atoms with Crippen LogP contribution in [-0.2, 0) is 36.8 Å². The first-order valence-electron chi connectivity index (χ1n) is 11.0. The Kier molecular flexibility index (Phi) is 7.23. The highest BCUT2D eigenvalue weighted by Crippen LogP contribution is 2.24. The Morgan fingerprint density at radius 2 is 1.47 bits per heavy atom. The number of fused-ring (bicyclic) bond motifs is 1. The molecular weight excluding hydrogens is 404 g/mol. The van der Waals surface area contributed by atoms with Crippen molar-refractivity contribution < 1.29 is 13.5 Å². The average molecular weight is 432 g/mol. The second-order valence-corrected chi connectivity index (χ2v) is 8.12. The predicted molar refractivity (Wildman–Crippen MR) is 125 cm³/mol. The van der Waals surface area contributed by atoms with Crippen molar-refractivity contribution >= 4 is 10.8 Å². The molecule has 4 heteroatoms. The zero-order chi connectivity index (χ0) is 22.3. The van der Waals surface area contributed by atoms with E-state index in [0.29, 0.717) is 30.4 Å². The van der Waals surface area contributed by atoms with E-state index in [-0.39, 0.29) is 11.6 Å². The van der Waals surface area contributed by atoms with Crippen LogP contribution in [-0.4, -0.2) is 18.7 Å². The van der Waals surface area contributed by atoms with Gasteiger partial charge in [0.1, 0.15) is 11.6 Å². The number of aryl methyl sites for hydroxylation is 4. The van der Waals surface area contributed by atoms with Gasteiger partial charge >= 0.3 is 0 Å². The summed E-state index contributed by atoms with van der Waals surface area (Å²) in [6, 6.07) is 20.4. The number of benzene rings is 3. The Morgan fingerprint density at radius 1 is 0.719 bits per heavy atom. The van der Waals surface area contributed by atoms with Crippen LogP contribution in [0.15, 0.2) is 72.9 Å². The molecule has 0 amide bonds. The molecule has 0 saturated heterocycles. The van der Waals surface area contributed by atoms with E-state index in [2.05, 4.69) is 23.2 Å². The molecule has 1 aromatic heterocycles. The molecule has 32 heavy (non-hydrogen) atoms. The maximum atomic E-state index is 15.1. The Balaban J connectivity index is 1.40. The van der Waals surface area contributed by atoms with Crippen molar-refractivity contribution in [2.75, 3.05) is 13.7 Å². The molecule has 0 aliphatic carbocycles. The van der Waals surface area contributed by atoms with Crippen molar-refractivity contribution in [1.29, 1.82) is 0 Å². The molecule has 0 aliphatic heterocycles. The van der Waals surface area contributed by atoms with Crippen molar-refractivity contribution in [2.45, 2.75) is 32.1 Å². The monoisotopic (exact) mass is 431 g/mol. The molecule has 0 fully saturated rings. The highest BCUT2D eigenvalue weighted by molar-refractivity contribution is 5.84. The Bertz CT molecular complexity index is 1170. The van der Waals surface area contributed by atoms with Crippen LogP contribution in [0, 0.1) is 11.6 Å². The second kappa shape index (κ2) is 10.5. The van der Waals surface area contributed by atoms with Crippen LogP contribution in [0.1, 0.15) is 27.9 Å². The fraction of sp³-hybridized carbons (Fsp3) is 0.250. The van der Waals surface area contributed by atoms with E-state index in [9.17, 15) is 4.39 Å². The molecule has 164 valence electrons. The molecule has 0 spiro atoms. The molecule has 4 aromatic rings. The van der Waals surface area contributed by atoms with Crippen LogP contribution in [0.5, 0.6) is 0 Å². The first-order chi connectivity index (χ1) is 15.6. The van der Waals surface area contributed by atoms with Gasteiger partial charge in [0.05, 0.1) is 6.61 Å². The minimum atomic E-state index is -0.253. The van der Waals surface area contributed by atoms with Crippen molar-refractivity contribution in [1.82, 2.24) is 4.98 Å². The normalized spacial score (nSPS) is 11.2. The topological polar surface area (TPSA) is 22.1 Å². The van der Waals surface area contributed by atoms with Crippen LogP contribution < -0.4 is 0 Å². The molecule has 0 N–H and O–H groups in total. The van der Waals surface area contributed by atoms with Gasteiger partial charge in [-0.05, 0) is 77.9 Å². The lowest BCUT2D eigenvalue weighted by Gasteiger charge is -2.09. The predicted octanol–water partition coefficient (Wildman–Crippen LogP) is 6.27. The molecule has 3 aromatic carbocycles. The molecule has 4 rings (SSSR count). The summed E-state index contributed by atoms with van der Waals surface area (Å²) in [5.74, 6) is -0.416. The fourth-order valence-electron chi connectivity index (χ4n) is 3.91. The van der Waals surface area contributed by atoms with E-state index < -0.39 is 0 Å². The summed E-state index contributed by atoms with van der Waals surface area (Å²) >= 11 is 0. The summed E-state index contributed by atoms with van der Waals surface area (Å²) in [6.07, 6.45) is 5.74. The van der Waals surface area contributed by atoms with Gasteiger partial charge in [-0.15, -0.1) is 0 Å². The fourth-order valence-corrected chi connectivity index (χ4v) is 3.91. The van der Waals surface area contributed by atoms with E-state index in [0.717, 1.165) is 35.9 Å². The largest absolute Gasteiger partial charge is 0.384 e. The molecule has 0 saturated carbocycles. The number of hydrogen-bond acceptors (Lipinski definition) is 2. The summed E-state index contributed by atoms with van der Waals surface area (Å²) in [4.78, 5) is 4.55. The van der Waals surface area contributed by atoms with Gasteiger partial charge in [-0.1, -0.05) is 48.5 Å². The number of nitrogens with zero attached hydrogens (tertiary/aromatic N) is 1. The number of methoxy groups -OCH3 is 1. The van der Waals surface area contributed by atoms with Crippen molar-refractivity contribution in [3.63, 3.8) is 0 Å². The summed E-state index contributed by atoms with van der Waals surface area (Å²) in [5, 5.41) is 1.55. The number of aromatic nitrogens is 1. The zero-order valence-electron chi connectivity index (χ0n) is 18.3. The minimum absolute atomic E-state index is 0.163. The minimum Gasteiger partial charge on any atom is -0.384 e. The Morgan fingerprint density at radius 3 is 2.22 bits per heavy atom. The smallest absolute Gasteiger partial charge is 0.134 e. The first-order valence-corrected chi connectivity index (χ1v) is 11.0. The second-order valence-electron chi connectivity index (χ2n) is 8.12. The Labute approximate surface area is 187 Å². The van der Waals surface area contributed by atoms with Crippen molar-refractivity contribution in [3.05, 3.63) is 113 Å². The van der Waals surface area contributed by atoms with Gasteiger partial charge in [-0.25, -0.2) is 8.78 Å². The Hall–Kier alpha value is -3.11. The molecule has 0 radical (unpaired) electrons. The summed E-state index contributed by atoms with van der Waals surface area (Å²) < 4.78 is 33.2. The van der Waals surface area contributed by atoms with E-state index in [4.69, 9.17) is 4.74 Å². The molecule has 2 nitrogen and oxygen atoms in total. The van der Waals surface area contributed by atoms with Crippen molar-refractivity contribution in [2.24, 2.45) is 0 Å². The van der Waals surface area contributed by atoms with E-state index >= 15 is 4.39 Å². The maximum Gasteiger partial charge on any atom is 0.134 e. The third kappa shape index (κ3) is 5.57. The summed E-state index contributed by atoms with van der Waals surface area (Å²) in [6.45, 7) is 0.697. The molecule has 0 bridgehead atoms. The van der Waals surface area contributed by atoms with Gasteiger partial charge < -0.3 is 4.74 Å². The maximum absolute atomic E-state index is 15.1. The third-order valence-electron chi connectivity index (χ3n) is 5.85. The third-order valence-corrected chi connectivity index (χ3v) is 5.85. The number of pyridine rings is 1. The van der Waals surface area contributed by atoms with Gasteiger partial charge in [0.15, 0.2) is 0 Å². The van der Waals surface area contributed by atoms with Crippen LogP contribution in [0.25, 0.3) is 10.8 Å². The van der Waals surface area contributed by atoms with Crippen LogP contribution >= 0.6 is 0 Å². The standard InChI is InChI=1S/C28H27F2NO/c1-32-17-16-22-6-14-26(31-19-22)13-5-21-7-15-27-24(18-21)10-9-23(28(27)30)8-2-20-3-11-25(29)12-4-20/h3-4,6-7,9-12,14-15,18-19H,2,5,8,13,16-17H2,1H3. The van der Waals surface area contributed by atoms with Crippen molar-refractivity contribution in [3.8, 4) is 0 Å². The highest BCUT2D eigenvalue weighted by Gasteiger charge is 2.09. The number of ether oxygens (including phenoxy) is 1. The summed E-state index contributed by atoms with van der Waals surface area (Å²) in [5.41, 5.74) is 5.08. The number of halogens is 2. The molecule has 1 heterocycles. The van der Waals surface area contributed by atoms with Gasteiger partial charge in [-0.3, -0.25) is 4.98 Å². The van der Waals surface area contributed by atoms with Crippen LogP contribution in [0.4, 0.5) is 8.78 Å². The lowest BCUT2D eigenvalue weighted by atomic mass is 9.98. The van der Waals surface area contributed by atoms with Crippen LogP contribution in [0.2, 0.25) is 0 Å². The molecule has 0 atom stereocenters. The highest BCUT2D eigenvalue weighted by atomic mass is 19.1. The quantitative estimate of drug-likeness (QED) is 0.311. The van der Waals surface area contributed by atoms with Gasteiger partial charge in [0.2, 0.25) is 0 Å².